The molecule has 6 nitrogen and oxygen atoms in total. The first kappa shape index (κ1) is 17.3. The zero-order chi connectivity index (χ0) is 16.7. The van der Waals surface area contributed by atoms with Crippen LogP contribution in [0.25, 0.3) is 0 Å². The summed E-state index contributed by atoms with van der Waals surface area (Å²) in [6, 6.07) is 7.14. The van der Waals surface area contributed by atoms with Crippen molar-refractivity contribution in [3.63, 3.8) is 0 Å². The van der Waals surface area contributed by atoms with E-state index in [0.717, 1.165) is 19.3 Å². The number of likely N-dealkylation sites (N-methyl/N-ethyl adjacent to an activating group) is 1. The maximum absolute atomic E-state index is 12.0. The number of hydrogen-bond acceptors (Lipinski definition) is 4. The molecule has 0 aromatic heterocycles. The Labute approximate surface area is 136 Å². The Bertz CT molecular complexity index is 530. The highest BCUT2D eigenvalue weighted by atomic mass is 16.5. The molecule has 23 heavy (non-hydrogen) atoms. The van der Waals surface area contributed by atoms with E-state index in [9.17, 15) is 9.59 Å². The number of benzene rings is 1. The van der Waals surface area contributed by atoms with Crippen molar-refractivity contribution in [2.45, 2.75) is 38.6 Å². The predicted octanol–water partition coefficient (Wildman–Crippen LogP) is 1.66. The van der Waals surface area contributed by atoms with E-state index in [2.05, 4.69) is 10.6 Å². The van der Waals surface area contributed by atoms with Gasteiger partial charge in [-0.25, -0.2) is 0 Å². The fraction of sp³-hybridized carbons (Fsp3) is 0.529. The average molecular weight is 319 g/mol. The quantitative estimate of drug-likeness (QED) is 0.712. The number of carbonyl (C=O) groups is 2. The van der Waals surface area contributed by atoms with Crippen LogP contribution in [0, 0.1) is 5.92 Å². The minimum atomic E-state index is -0.155. The van der Waals surface area contributed by atoms with Gasteiger partial charge in [-0.05, 0) is 49.9 Å². The number of ether oxygens (including phenoxy) is 1. The average Bonchev–Trinajstić information content (AvgIpc) is 2.92. The number of amides is 2. The van der Waals surface area contributed by atoms with Crippen LogP contribution < -0.4 is 21.1 Å². The molecule has 0 bridgehead atoms. The Kier molecular flexibility index (Phi) is 6.40. The summed E-state index contributed by atoms with van der Waals surface area (Å²) in [6.07, 6.45) is 3.62. The lowest BCUT2D eigenvalue weighted by molar-refractivity contribution is -0.123. The van der Waals surface area contributed by atoms with Gasteiger partial charge in [0, 0.05) is 24.7 Å². The van der Waals surface area contributed by atoms with Crippen molar-refractivity contribution in [3.8, 4) is 5.75 Å². The van der Waals surface area contributed by atoms with Crippen LogP contribution in [0.4, 0.5) is 5.69 Å². The van der Waals surface area contributed by atoms with Gasteiger partial charge in [0.1, 0.15) is 5.75 Å². The first-order chi connectivity index (χ1) is 11.1. The number of nitrogens with two attached hydrogens (primary N) is 1. The van der Waals surface area contributed by atoms with Crippen LogP contribution >= 0.6 is 0 Å². The van der Waals surface area contributed by atoms with E-state index in [1.54, 1.807) is 24.3 Å². The molecule has 1 aromatic rings. The predicted molar refractivity (Wildman–Crippen MR) is 89.2 cm³/mol. The lowest BCUT2D eigenvalue weighted by atomic mass is 10.00. The number of anilines is 1. The molecule has 6 heteroatoms. The molecule has 0 heterocycles. The van der Waals surface area contributed by atoms with Crippen LogP contribution in [0.1, 0.15) is 32.6 Å². The lowest BCUT2D eigenvalue weighted by Gasteiger charge is -2.15. The standard InChI is InChI=1S/C17H25N3O3/c1-2-19-17(22)11-23-14-8-6-13(7-9-14)20-16(21)10-12-4-3-5-15(12)18/h6-9,12,15H,2-5,10-11,18H2,1H3,(H,19,22)(H,20,21)/t12-,15+/m0/s1. The molecule has 1 saturated carbocycles. The van der Waals surface area contributed by atoms with Crippen molar-refractivity contribution in [1.29, 1.82) is 0 Å². The molecule has 4 N–H and O–H groups in total. The van der Waals surface area contributed by atoms with Gasteiger partial charge in [-0.2, -0.15) is 0 Å². The molecule has 1 fully saturated rings. The third-order valence-electron chi connectivity index (χ3n) is 4.05. The minimum absolute atomic E-state index is 0.0108. The maximum atomic E-state index is 12.0. The molecular weight excluding hydrogens is 294 g/mol. The normalized spacial score (nSPS) is 20.1. The van der Waals surface area contributed by atoms with Gasteiger partial charge in [-0.15, -0.1) is 0 Å². The van der Waals surface area contributed by atoms with E-state index in [1.807, 2.05) is 6.92 Å². The van der Waals surface area contributed by atoms with Crippen molar-refractivity contribution in [2.75, 3.05) is 18.5 Å². The fourth-order valence-corrected chi connectivity index (χ4v) is 2.80. The van der Waals surface area contributed by atoms with Crippen molar-refractivity contribution in [1.82, 2.24) is 5.32 Å². The summed E-state index contributed by atoms with van der Waals surface area (Å²) < 4.78 is 5.36. The number of carbonyl (C=O) groups excluding carboxylic acids is 2. The molecule has 0 aliphatic heterocycles. The summed E-state index contributed by atoms with van der Waals surface area (Å²) >= 11 is 0. The highest BCUT2D eigenvalue weighted by Crippen LogP contribution is 2.27. The van der Waals surface area contributed by atoms with Crippen LogP contribution in [-0.2, 0) is 9.59 Å². The monoisotopic (exact) mass is 319 g/mol. The molecule has 126 valence electrons. The molecule has 1 aromatic carbocycles. The molecule has 2 atom stereocenters. The number of rotatable bonds is 7. The Morgan fingerprint density at radius 1 is 1.22 bits per heavy atom. The molecule has 0 radical (unpaired) electrons. The SMILES string of the molecule is CCNC(=O)COc1ccc(NC(=O)C[C@@H]2CCC[C@H]2N)cc1. The molecular formula is C17H25N3O3. The first-order valence-corrected chi connectivity index (χ1v) is 8.13. The lowest BCUT2D eigenvalue weighted by Crippen LogP contribution is -2.28. The summed E-state index contributed by atoms with van der Waals surface area (Å²) in [7, 11) is 0. The van der Waals surface area contributed by atoms with Crippen LogP contribution in [0.5, 0.6) is 5.75 Å². The fourth-order valence-electron chi connectivity index (χ4n) is 2.80. The third-order valence-corrected chi connectivity index (χ3v) is 4.05. The Hall–Kier alpha value is -2.08. The zero-order valence-electron chi connectivity index (χ0n) is 13.5. The number of hydrogen-bond donors (Lipinski definition) is 3. The molecule has 2 amide bonds. The van der Waals surface area contributed by atoms with Crippen molar-refractivity contribution in [3.05, 3.63) is 24.3 Å². The maximum Gasteiger partial charge on any atom is 0.257 e. The van der Waals surface area contributed by atoms with Gasteiger partial charge in [-0.1, -0.05) is 6.42 Å². The molecule has 1 aliphatic carbocycles. The van der Waals surface area contributed by atoms with E-state index < -0.39 is 0 Å². The minimum Gasteiger partial charge on any atom is -0.484 e. The summed E-state index contributed by atoms with van der Waals surface area (Å²) in [6.45, 7) is 2.42. The summed E-state index contributed by atoms with van der Waals surface area (Å²) in [5.41, 5.74) is 6.71. The Balaban J connectivity index is 1.77. The Morgan fingerprint density at radius 2 is 1.96 bits per heavy atom. The van der Waals surface area contributed by atoms with Gasteiger partial charge < -0.3 is 21.1 Å². The topological polar surface area (TPSA) is 93.5 Å². The van der Waals surface area contributed by atoms with Gasteiger partial charge >= 0.3 is 0 Å². The second-order valence-electron chi connectivity index (χ2n) is 5.87. The highest BCUT2D eigenvalue weighted by Gasteiger charge is 2.25. The Morgan fingerprint density at radius 3 is 2.57 bits per heavy atom. The summed E-state index contributed by atoms with van der Waals surface area (Å²) in [4.78, 5) is 23.4. The zero-order valence-corrected chi connectivity index (χ0v) is 13.5. The molecule has 0 unspecified atom stereocenters. The molecule has 0 spiro atoms. The van der Waals surface area contributed by atoms with Crippen molar-refractivity contribution in [2.24, 2.45) is 11.7 Å². The third kappa shape index (κ3) is 5.56. The van der Waals surface area contributed by atoms with E-state index in [4.69, 9.17) is 10.5 Å². The van der Waals surface area contributed by atoms with Crippen LogP contribution in [0.3, 0.4) is 0 Å². The van der Waals surface area contributed by atoms with E-state index in [-0.39, 0.29) is 30.4 Å². The second kappa shape index (κ2) is 8.53. The van der Waals surface area contributed by atoms with E-state index in [1.165, 1.54) is 0 Å². The van der Waals surface area contributed by atoms with Crippen molar-refractivity contribution < 1.29 is 14.3 Å². The van der Waals surface area contributed by atoms with Gasteiger partial charge in [0.2, 0.25) is 5.91 Å². The summed E-state index contributed by atoms with van der Waals surface area (Å²) in [5, 5.41) is 5.53. The first-order valence-electron chi connectivity index (χ1n) is 8.13. The highest BCUT2D eigenvalue weighted by molar-refractivity contribution is 5.91. The second-order valence-corrected chi connectivity index (χ2v) is 5.87. The molecule has 0 saturated heterocycles. The largest absolute Gasteiger partial charge is 0.484 e. The van der Waals surface area contributed by atoms with Crippen LogP contribution in [0.2, 0.25) is 0 Å². The number of nitrogens with one attached hydrogen (secondary N) is 2. The van der Waals surface area contributed by atoms with Gasteiger partial charge in [0.15, 0.2) is 6.61 Å². The van der Waals surface area contributed by atoms with Gasteiger partial charge in [0.25, 0.3) is 5.91 Å². The smallest absolute Gasteiger partial charge is 0.257 e. The van der Waals surface area contributed by atoms with Gasteiger partial charge in [-0.3, -0.25) is 9.59 Å². The molecule has 2 rings (SSSR count). The van der Waals surface area contributed by atoms with E-state index in [0.29, 0.717) is 24.4 Å². The van der Waals surface area contributed by atoms with Crippen LogP contribution in [0.15, 0.2) is 24.3 Å². The van der Waals surface area contributed by atoms with Crippen molar-refractivity contribution >= 4 is 17.5 Å². The van der Waals surface area contributed by atoms with Gasteiger partial charge in [0.05, 0.1) is 0 Å². The molecule has 1 aliphatic rings. The van der Waals surface area contributed by atoms with E-state index >= 15 is 0 Å². The summed E-state index contributed by atoms with van der Waals surface area (Å²) in [5.74, 6) is 0.711. The van der Waals surface area contributed by atoms with Crippen LogP contribution in [-0.4, -0.2) is 31.0 Å².